The number of amides is 3. The molecule has 0 radical (unpaired) electrons. The minimum Gasteiger partial charge on any atom is -0.457 e. The average Bonchev–Trinajstić information content (AvgIpc) is 3.56. The molecule has 10 heteroatoms. The maximum Gasteiger partial charge on any atom is 0.379 e. The molecule has 9 nitrogen and oxygen atoms in total. The van der Waals surface area contributed by atoms with Gasteiger partial charge in [-0.25, -0.2) is 9.80 Å². The van der Waals surface area contributed by atoms with Crippen LogP contribution < -0.4 is 4.74 Å². The van der Waals surface area contributed by atoms with Crippen molar-refractivity contribution in [3.63, 3.8) is 0 Å². The molecule has 3 amide bonds. The monoisotopic (exact) mass is 546 g/mol. The highest BCUT2D eigenvalue weighted by Crippen LogP contribution is 2.39. The van der Waals surface area contributed by atoms with Crippen molar-refractivity contribution in [1.29, 1.82) is 0 Å². The summed E-state index contributed by atoms with van der Waals surface area (Å²) in [5, 5.41) is 1.81. The zero-order chi connectivity index (χ0) is 27.7. The normalized spacial score (nSPS) is 20.1. The molecule has 3 atom stereocenters. The van der Waals surface area contributed by atoms with Crippen LogP contribution in [0.15, 0.2) is 83.5 Å². The summed E-state index contributed by atoms with van der Waals surface area (Å²) < 4.78 is 10.2. The molecule has 2 aliphatic rings. The van der Waals surface area contributed by atoms with Crippen LogP contribution in [0.25, 0.3) is 0 Å². The van der Waals surface area contributed by atoms with Crippen LogP contribution in [0.3, 0.4) is 0 Å². The molecule has 1 fully saturated rings. The second kappa shape index (κ2) is 10.7. The largest absolute Gasteiger partial charge is 0.457 e. The molecular weight excluding hydrogens is 524 g/mol. The van der Waals surface area contributed by atoms with Gasteiger partial charge in [0.2, 0.25) is 5.76 Å². The van der Waals surface area contributed by atoms with Crippen molar-refractivity contribution >= 4 is 41.1 Å². The van der Waals surface area contributed by atoms with E-state index in [1.165, 1.54) is 48.7 Å². The lowest BCUT2D eigenvalue weighted by Crippen LogP contribution is -2.52. The van der Waals surface area contributed by atoms with Crippen molar-refractivity contribution < 1.29 is 33.1 Å². The first-order valence-corrected chi connectivity index (χ1v) is 12.6. The zero-order valence-corrected chi connectivity index (χ0v) is 21.5. The van der Waals surface area contributed by atoms with E-state index in [0.717, 1.165) is 10.0 Å². The second-order valence-corrected chi connectivity index (χ2v) is 9.71. The third-order valence-corrected chi connectivity index (χ3v) is 7.16. The number of halogens is 1. The molecule has 2 heterocycles. The number of fused-ring (bicyclic) bond motifs is 1. The van der Waals surface area contributed by atoms with Crippen molar-refractivity contribution in [2.24, 2.45) is 17.8 Å². The minimum absolute atomic E-state index is 0.0221. The number of hydrogen-bond donors (Lipinski definition) is 0. The van der Waals surface area contributed by atoms with E-state index < -0.39 is 47.9 Å². The number of benzene rings is 2. The molecule has 39 heavy (non-hydrogen) atoms. The standard InChI is InChI=1S/C29H23ClN2O7/c1-17-6-4-8-21-25(17)28(36)32(27(21)35)31(26(34)20-7-2-3-9-22(20)30)16-23(33)18-11-13-19(14-12-18)39-29(37)24-10-5-15-38-24/h2-7,9-15,17,21,25H,8,16H2,1H3/t17-,21-,25-/m1/s1. The molecule has 2 aromatic carbocycles. The number of hydrazine groups is 1. The van der Waals surface area contributed by atoms with Gasteiger partial charge in [0.25, 0.3) is 17.7 Å². The predicted octanol–water partition coefficient (Wildman–Crippen LogP) is 4.59. The summed E-state index contributed by atoms with van der Waals surface area (Å²) in [4.78, 5) is 65.9. The quantitative estimate of drug-likeness (QED) is 0.140. The molecule has 5 rings (SSSR count). The number of furan rings is 1. The topological polar surface area (TPSA) is 114 Å². The van der Waals surface area contributed by atoms with Gasteiger partial charge in [-0.2, -0.15) is 5.01 Å². The van der Waals surface area contributed by atoms with Crippen LogP contribution in [-0.4, -0.2) is 46.0 Å². The van der Waals surface area contributed by atoms with Crippen molar-refractivity contribution in [1.82, 2.24) is 10.0 Å². The number of ether oxygens (including phenoxy) is 1. The Hall–Kier alpha value is -4.50. The fourth-order valence-electron chi connectivity index (χ4n) is 4.86. The predicted molar refractivity (Wildman–Crippen MR) is 139 cm³/mol. The first kappa shape index (κ1) is 26.1. The van der Waals surface area contributed by atoms with Gasteiger partial charge in [0.05, 0.1) is 28.7 Å². The number of carbonyl (C=O) groups excluding carboxylic acids is 5. The van der Waals surface area contributed by atoms with Gasteiger partial charge in [-0.1, -0.05) is 42.8 Å². The molecule has 1 aliphatic heterocycles. The van der Waals surface area contributed by atoms with Crippen LogP contribution in [0, 0.1) is 17.8 Å². The maximum atomic E-state index is 13.6. The molecule has 3 aromatic rings. The van der Waals surface area contributed by atoms with Gasteiger partial charge >= 0.3 is 5.97 Å². The Morgan fingerprint density at radius 1 is 1.03 bits per heavy atom. The molecule has 0 bridgehead atoms. The number of esters is 1. The molecule has 1 saturated heterocycles. The number of Topliss-reactive ketones (excluding diaryl/α,β-unsaturated/α-hetero) is 1. The number of allylic oxidation sites excluding steroid dienone is 2. The number of ketones is 1. The summed E-state index contributed by atoms with van der Waals surface area (Å²) in [6.07, 6.45) is 5.44. The molecule has 198 valence electrons. The van der Waals surface area contributed by atoms with Crippen LogP contribution in [0.4, 0.5) is 0 Å². The lowest BCUT2D eigenvalue weighted by molar-refractivity contribution is -0.154. The van der Waals surface area contributed by atoms with Crippen molar-refractivity contribution in [3.8, 4) is 5.75 Å². The number of rotatable bonds is 7. The Bertz CT molecular complexity index is 1480. The van der Waals surface area contributed by atoms with Gasteiger partial charge in [0, 0.05) is 5.56 Å². The number of nitrogens with zero attached hydrogens (tertiary/aromatic N) is 2. The second-order valence-electron chi connectivity index (χ2n) is 9.30. The fourth-order valence-corrected chi connectivity index (χ4v) is 5.08. The van der Waals surface area contributed by atoms with Crippen LogP contribution in [-0.2, 0) is 9.59 Å². The summed E-state index contributed by atoms with van der Waals surface area (Å²) in [5.41, 5.74) is 0.227. The lowest BCUT2D eigenvalue weighted by Gasteiger charge is -2.30. The Morgan fingerprint density at radius 2 is 1.77 bits per heavy atom. The number of imide groups is 1. The van der Waals surface area contributed by atoms with Gasteiger partial charge in [0.1, 0.15) is 12.3 Å². The Labute approximate surface area is 228 Å². The molecule has 0 N–H and O–H groups in total. The minimum atomic E-state index is -0.751. The Morgan fingerprint density at radius 3 is 2.44 bits per heavy atom. The highest BCUT2D eigenvalue weighted by atomic mass is 35.5. The Kier molecular flexibility index (Phi) is 7.17. The average molecular weight is 547 g/mol. The summed E-state index contributed by atoms with van der Waals surface area (Å²) >= 11 is 6.26. The van der Waals surface area contributed by atoms with Crippen molar-refractivity contribution in [3.05, 3.63) is 101 Å². The van der Waals surface area contributed by atoms with Gasteiger partial charge in [0.15, 0.2) is 5.78 Å². The van der Waals surface area contributed by atoms with Crippen LogP contribution >= 0.6 is 11.6 Å². The van der Waals surface area contributed by atoms with E-state index in [4.69, 9.17) is 20.8 Å². The van der Waals surface area contributed by atoms with E-state index in [9.17, 15) is 24.0 Å². The maximum absolute atomic E-state index is 13.6. The van der Waals surface area contributed by atoms with Gasteiger partial charge < -0.3 is 9.15 Å². The third kappa shape index (κ3) is 5.00. The van der Waals surface area contributed by atoms with E-state index >= 15 is 0 Å². The van der Waals surface area contributed by atoms with Crippen molar-refractivity contribution in [2.45, 2.75) is 13.3 Å². The molecule has 1 aliphatic carbocycles. The van der Waals surface area contributed by atoms with Gasteiger partial charge in [-0.15, -0.1) is 0 Å². The van der Waals surface area contributed by atoms with E-state index in [2.05, 4.69) is 0 Å². The molecule has 0 unspecified atom stereocenters. The zero-order valence-electron chi connectivity index (χ0n) is 20.8. The Balaban J connectivity index is 1.41. The molecule has 0 spiro atoms. The van der Waals surface area contributed by atoms with E-state index in [1.54, 1.807) is 18.2 Å². The van der Waals surface area contributed by atoms with Gasteiger partial charge in [-0.3, -0.25) is 19.2 Å². The SMILES string of the molecule is C[C@@H]1C=CC[C@H]2C(=O)N(N(CC(=O)c3ccc(OC(=O)c4ccco4)cc3)C(=O)c3ccccc3Cl)C(=O)[C@H]12. The smallest absolute Gasteiger partial charge is 0.379 e. The fraction of sp³-hybridized carbons (Fsp3) is 0.207. The lowest BCUT2D eigenvalue weighted by atomic mass is 9.78. The van der Waals surface area contributed by atoms with Crippen molar-refractivity contribution in [2.75, 3.05) is 6.54 Å². The van der Waals surface area contributed by atoms with Crippen LogP contribution in [0.5, 0.6) is 5.75 Å². The molecule has 0 saturated carbocycles. The summed E-state index contributed by atoms with van der Waals surface area (Å²) in [6.45, 7) is 1.25. The van der Waals surface area contributed by atoms with E-state index in [0.29, 0.717) is 6.42 Å². The third-order valence-electron chi connectivity index (χ3n) is 6.83. The summed E-state index contributed by atoms with van der Waals surface area (Å²) in [7, 11) is 0. The van der Waals surface area contributed by atoms with Crippen LogP contribution in [0.1, 0.15) is 44.6 Å². The van der Waals surface area contributed by atoms with Gasteiger partial charge in [-0.05, 0) is 60.9 Å². The van der Waals surface area contributed by atoms with E-state index in [1.807, 2.05) is 19.1 Å². The van der Waals surface area contributed by atoms with E-state index in [-0.39, 0.29) is 33.6 Å². The van der Waals surface area contributed by atoms with Crippen LogP contribution in [0.2, 0.25) is 5.02 Å². The molecular formula is C29H23ClN2O7. The highest BCUT2D eigenvalue weighted by molar-refractivity contribution is 6.34. The highest BCUT2D eigenvalue weighted by Gasteiger charge is 2.53. The number of hydrogen-bond acceptors (Lipinski definition) is 7. The first-order valence-electron chi connectivity index (χ1n) is 12.3. The number of carbonyl (C=O) groups is 5. The summed E-state index contributed by atoms with van der Waals surface area (Å²) in [5.74, 6) is -4.30. The summed E-state index contributed by atoms with van der Waals surface area (Å²) in [6, 6.07) is 14.9. The molecule has 1 aromatic heterocycles. The first-order chi connectivity index (χ1) is 18.8.